The van der Waals surface area contributed by atoms with Gasteiger partial charge in [-0.15, -0.1) is 0 Å². The molecule has 0 amide bonds. The Morgan fingerprint density at radius 3 is 2.06 bits per heavy atom. The van der Waals surface area contributed by atoms with E-state index in [0.29, 0.717) is 16.8 Å². The minimum Gasteiger partial charge on any atom is -0.287 e. The molecule has 5 aromatic rings. The van der Waals surface area contributed by atoms with E-state index >= 15 is 0 Å². The Balaban J connectivity index is 1.65. The molecule has 4 aromatic carbocycles. The van der Waals surface area contributed by atoms with Gasteiger partial charge in [-0.25, -0.2) is 0 Å². The van der Waals surface area contributed by atoms with Gasteiger partial charge >= 0.3 is 0 Å². The summed E-state index contributed by atoms with van der Waals surface area (Å²) in [5, 5.41) is 3.77. The molecule has 0 aliphatic rings. The predicted octanol–water partition coefficient (Wildman–Crippen LogP) is 4.79. The molecule has 31 heavy (non-hydrogen) atoms. The number of ketones is 2. The SMILES string of the molecule is O=C(C[n+]1ccncc1C(=O)c1c2ccccc2cc2ccccc12)c1ccccc1. The lowest BCUT2D eigenvalue weighted by atomic mass is 9.93. The maximum atomic E-state index is 13.8. The van der Waals surface area contributed by atoms with Crippen molar-refractivity contribution in [3.8, 4) is 0 Å². The highest BCUT2D eigenvalue weighted by atomic mass is 16.1. The highest BCUT2D eigenvalue weighted by Gasteiger charge is 2.26. The third kappa shape index (κ3) is 3.49. The van der Waals surface area contributed by atoms with Gasteiger partial charge in [0.2, 0.25) is 12.3 Å². The average molecular weight is 403 g/mol. The van der Waals surface area contributed by atoms with Gasteiger partial charge in [-0.2, -0.15) is 4.57 Å². The van der Waals surface area contributed by atoms with Crippen molar-refractivity contribution in [3.05, 3.63) is 120 Å². The van der Waals surface area contributed by atoms with Crippen molar-refractivity contribution in [1.29, 1.82) is 0 Å². The summed E-state index contributed by atoms with van der Waals surface area (Å²) in [7, 11) is 0. The van der Waals surface area contributed by atoms with Crippen LogP contribution in [0.25, 0.3) is 21.5 Å². The van der Waals surface area contributed by atoms with Crippen LogP contribution in [-0.2, 0) is 6.54 Å². The number of carbonyl (C=O) groups is 2. The molecule has 0 spiro atoms. The molecule has 0 saturated carbocycles. The molecule has 0 aliphatic heterocycles. The van der Waals surface area contributed by atoms with Gasteiger partial charge in [0.15, 0.2) is 6.20 Å². The van der Waals surface area contributed by atoms with Gasteiger partial charge < -0.3 is 0 Å². The van der Waals surface area contributed by atoms with E-state index in [9.17, 15) is 9.59 Å². The average Bonchev–Trinajstić information content (AvgIpc) is 2.83. The summed E-state index contributed by atoms with van der Waals surface area (Å²) in [6.07, 6.45) is 4.81. The second-order valence-electron chi connectivity index (χ2n) is 7.40. The third-order valence-electron chi connectivity index (χ3n) is 5.48. The van der Waals surface area contributed by atoms with E-state index in [2.05, 4.69) is 11.1 Å². The van der Waals surface area contributed by atoms with E-state index in [0.717, 1.165) is 21.5 Å². The maximum Gasteiger partial charge on any atom is 0.272 e. The highest BCUT2D eigenvalue weighted by Crippen LogP contribution is 2.29. The van der Waals surface area contributed by atoms with Crippen LogP contribution in [0, 0.1) is 0 Å². The summed E-state index contributed by atoms with van der Waals surface area (Å²) in [6.45, 7) is 0.0658. The Morgan fingerprint density at radius 1 is 0.774 bits per heavy atom. The second-order valence-corrected chi connectivity index (χ2v) is 7.40. The summed E-state index contributed by atoms with van der Waals surface area (Å²) in [5.74, 6) is -0.212. The number of benzene rings is 4. The van der Waals surface area contributed by atoms with Crippen LogP contribution in [-0.4, -0.2) is 16.6 Å². The molecule has 0 fully saturated rings. The summed E-state index contributed by atoms with van der Waals surface area (Å²) >= 11 is 0. The van der Waals surface area contributed by atoms with Crippen LogP contribution >= 0.6 is 0 Å². The van der Waals surface area contributed by atoms with E-state index in [1.54, 1.807) is 29.1 Å². The van der Waals surface area contributed by atoms with Crippen LogP contribution in [0.1, 0.15) is 26.4 Å². The van der Waals surface area contributed by atoms with E-state index in [1.165, 1.54) is 6.20 Å². The fraction of sp³-hybridized carbons (Fsp3) is 0.0370. The van der Waals surface area contributed by atoms with Gasteiger partial charge in [-0.3, -0.25) is 14.6 Å². The van der Waals surface area contributed by atoms with E-state index in [1.807, 2.05) is 66.7 Å². The minimum absolute atomic E-state index is 0.0615. The monoisotopic (exact) mass is 403 g/mol. The molecular weight excluding hydrogens is 384 g/mol. The fourth-order valence-electron chi connectivity index (χ4n) is 3.97. The number of hydrogen-bond donors (Lipinski definition) is 0. The normalized spacial score (nSPS) is 11.0. The van der Waals surface area contributed by atoms with Crippen molar-refractivity contribution in [2.24, 2.45) is 0 Å². The lowest BCUT2D eigenvalue weighted by Crippen LogP contribution is -2.43. The quantitative estimate of drug-likeness (QED) is 0.241. The Bertz CT molecular complexity index is 1390. The second kappa shape index (κ2) is 7.92. The van der Waals surface area contributed by atoms with Crippen molar-refractivity contribution >= 4 is 33.1 Å². The molecule has 5 rings (SSSR count). The zero-order valence-electron chi connectivity index (χ0n) is 16.7. The molecule has 0 atom stereocenters. The topological polar surface area (TPSA) is 50.9 Å². The Kier molecular flexibility index (Phi) is 4.81. The zero-order chi connectivity index (χ0) is 21.2. The lowest BCUT2D eigenvalue weighted by Gasteiger charge is -2.10. The van der Waals surface area contributed by atoms with Gasteiger partial charge in [-0.05, 0) is 27.6 Å². The van der Waals surface area contributed by atoms with Gasteiger partial charge in [0.25, 0.3) is 11.5 Å². The molecule has 0 radical (unpaired) electrons. The van der Waals surface area contributed by atoms with E-state index in [-0.39, 0.29) is 18.1 Å². The summed E-state index contributed by atoms with van der Waals surface area (Å²) in [6, 6.07) is 26.9. The summed E-state index contributed by atoms with van der Waals surface area (Å²) < 4.78 is 1.68. The van der Waals surface area contributed by atoms with Crippen LogP contribution in [0.2, 0.25) is 0 Å². The summed E-state index contributed by atoms with van der Waals surface area (Å²) in [5.41, 5.74) is 1.62. The number of aromatic nitrogens is 2. The van der Waals surface area contributed by atoms with Crippen LogP contribution in [0.15, 0.2) is 104 Å². The van der Waals surface area contributed by atoms with Crippen molar-refractivity contribution in [2.75, 3.05) is 0 Å². The van der Waals surface area contributed by atoms with Crippen LogP contribution in [0.5, 0.6) is 0 Å². The van der Waals surface area contributed by atoms with Crippen LogP contribution in [0.4, 0.5) is 0 Å². The lowest BCUT2D eigenvalue weighted by molar-refractivity contribution is -0.685. The van der Waals surface area contributed by atoms with Gasteiger partial charge in [0.05, 0.1) is 6.20 Å². The Morgan fingerprint density at radius 2 is 1.39 bits per heavy atom. The Hall–Kier alpha value is -4.18. The first-order valence-electron chi connectivity index (χ1n) is 10.1. The van der Waals surface area contributed by atoms with E-state index in [4.69, 9.17) is 0 Å². The Labute approximate surface area is 179 Å². The smallest absolute Gasteiger partial charge is 0.272 e. The molecular formula is C27H19N2O2+. The van der Waals surface area contributed by atoms with Crippen LogP contribution in [0.3, 0.4) is 0 Å². The highest BCUT2D eigenvalue weighted by molar-refractivity contribution is 6.23. The first-order chi connectivity index (χ1) is 15.2. The van der Waals surface area contributed by atoms with E-state index < -0.39 is 0 Å². The number of hydrogen-bond acceptors (Lipinski definition) is 3. The van der Waals surface area contributed by atoms with Crippen molar-refractivity contribution in [3.63, 3.8) is 0 Å². The zero-order valence-corrected chi connectivity index (χ0v) is 16.7. The molecule has 148 valence electrons. The van der Waals surface area contributed by atoms with Gasteiger partial charge in [-0.1, -0.05) is 78.9 Å². The largest absolute Gasteiger partial charge is 0.287 e. The van der Waals surface area contributed by atoms with Gasteiger partial charge in [0.1, 0.15) is 6.20 Å². The van der Waals surface area contributed by atoms with Crippen molar-refractivity contribution in [1.82, 2.24) is 4.98 Å². The summed E-state index contributed by atoms with van der Waals surface area (Å²) in [4.78, 5) is 30.8. The molecule has 1 aromatic heterocycles. The first-order valence-corrected chi connectivity index (χ1v) is 10.1. The molecule has 4 nitrogen and oxygen atoms in total. The number of rotatable bonds is 5. The number of carbonyl (C=O) groups excluding carboxylic acids is 2. The molecule has 0 unspecified atom stereocenters. The van der Waals surface area contributed by atoms with Gasteiger partial charge in [0, 0.05) is 11.1 Å². The minimum atomic E-state index is -0.151. The molecule has 1 heterocycles. The molecule has 0 saturated heterocycles. The number of fused-ring (bicyclic) bond motifs is 2. The predicted molar refractivity (Wildman–Crippen MR) is 120 cm³/mol. The molecule has 0 N–H and O–H groups in total. The number of nitrogens with zero attached hydrogens (tertiary/aromatic N) is 2. The molecule has 0 bridgehead atoms. The fourth-order valence-corrected chi connectivity index (χ4v) is 3.97. The first kappa shape index (κ1) is 18.8. The maximum absolute atomic E-state index is 13.8. The van der Waals surface area contributed by atoms with Crippen molar-refractivity contribution < 1.29 is 14.2 Å². The van der Waals surface area contributed by atoms with Crippen LogP contribution < -0.4 is 4.57 Å². The third-order valence-corrected chi connectivity index (χ3v) is 5.48. The number of Topliss-reactive ketones (excluding diaryl/α,β-unsaturated/α-hetero) is 1. The molecule has 0 aliphatic carbocycles. The standard InChI is InChI=1S/C27H19N2O2/c30-25(19-8-2-1-3-9-19)18-29-15-14-28-17-24(29)27(31)26-22-12-6-4-10-20(22)16-21-11-5-7-13-23(21)26/h1-17H,18H2/q+1. The van der Waals surface area contributed by atoms with Crippen molar-refractivity contribution in [2.45, 2.75) is 6.54 Å². The molecule has 4 heteroatoms.